The van der Waals surface area contributed by atoms with Gasteiger partial charge in [0.15, 0.2) is 6.29 Å². The number of nitrogens with one attached hydrogen (secondary N) is 1. The topological polar surface area (TPSA) is 90.8 Å². The third-order valence-electron chi connectivity index (χ3n) is 7.39. The summed E-state index contributed by atoms with van der Waals surface area (Å²) in [4.78, 5) is 44.9. The summed E-state index contributed by atoms with van der Waals surface area (Å²) in [5.74, 6) is 0.348. The van der Waals surface area contributed by atoms with E-state index in [1.807, 2.05) is 41.6 Å². The van der Waals surface area contributed by atoms with E-state index in [9.17, 15) is 27.6 Å². The molecule has 5 rings (SSSR count). The number of pyridine rings is 1. The number of hydrogen-bond acceptors (Lipinski definition) is 6. The number of carbonyl (C=O) groups is 3. The second kappa shape index (κ2) is 13.1. The fourth-order valence-corrected chi connectivity index (χ4v) is 5.27. The summed E-state index contributed by atoms with van der Waals surface area (Å²) in [6.07, 6.45) is -1.32. The molecule has 13 heteroatoms. The molecule has 0 atom stereocenters. The van der Waals surface area contributed by atoms with Gasteiger partial charge in [-0.25, -0.2) is 4.98 Å². The molecule has 2 amide bonds. The van der Waals surface area contributed by atoms with Gasteiger partial charge >= 0.3 is 6.18 Å². The zero-order valence-electron chi connectivity index (χ0n) is 23.3. The Balaban J connectivity index is 0.000000208. The first kappa shape index (κ1) is 31.2. The zero-order valence-corrected chi connectivity index (χ0v) is 24.9. The second-order valence-electron chi connectivity index (χ2n) is 10.3. The van der Waals surface area contributed by atoms with Crippen LogP contribution in [0.4, 0.5) is 19.0 Å². The smallest absolute Gasteiger partial charge is 0.354 e. The van der Waals surface area contributed by atoms with Gasteiger partial charge in [0.2, 0.25) is 11.8 Å². The Kier molecular flexibility index (Phi) is 9.72. The van der Waals surface area contributed by atoms with Crippen LogP contribution in [0.25, 0.3) is 10.9 Å². The van der Waals surface area contributed by atoms with Crippen molar-refractivity contribution >= 4 is 50.8 Å². The number of amides is 2. The summed E-state index contributed by atoms with van der Waals surface area (Å²) in [6.45, 7) is 9.81. The molecule has 0 spiro atoms. The van der Waals surface area contributed by atoms with Gasteiger partial charge in [0.25, 0.3) is 0 Å². The molecule has 1 N–H and O–H groups in total. The van der Waals surface area contributed by atoms with Crippen molar-refractivity contribution < 1.29 is 27.6 Å². The Labute approximate surface area is 250 Å². The Bertz CT molecular complexity index is 1460. The van der Waals surface area contributed by atoms with Crippen LogP contribution in [0.5, 0.6) is 0 Å². The second-order valence-corrected chi connectivity index (χ2v) is 11.2. The maximum absolute atomic E-state index is 12.4. The standard InChI is InChI=1S/C18H18BrN3O3.C11H14F3N3/c1-3-18(25)21-7-13(8-21)20-17(24)9-22-11(2)15(10-23)14-6-12(19)4-5-16(14)22;1-16-4-6-17(7-5-16)10-3-2-9(8-15-10)11(12,13)14/h3-6,10,13H,1,7-9H2,2H3,(H,20,24);2-3,8H,4-7H2,1H3. The monoisotopic (exact) mass is 648 g/mol. The minimum atomic E-state index is -4.31. The van der Waals surface area contributed by atoms with E-state index in [0.29, 0.717) is 24.5 Å². The first-order valence-corrected chi connectivity index (χ1v) is 14.1. The number of benzene rings is 1. The number of aromatic nitrogens is 2. The van der Waals surface area contributed by atoms with Crippen molar-refractivity contribution in [1.82, 2.24) is 24.7 Å². The number of carbonyl (C=O) groups excluding carboxylic acids is 3. The third-order valence-corrected chi connectivity index (χ3v) is 7.88. The van der Waals surface area contributed by atoms with E-state index in [4.69, 9.17) is 0 Å². The molecule has 0 unspecified atom stereocenters. The van der Waals surface area contributed by atoms with Crippen LogP contribution in [-0.2, 0) is 22.3 Å². The molecule has 42 heavy (non-hydrogen) atoms. The van der Waals surface area contributed by atoms with Crippen molar-refractivity contribution in [3.05, 3.63) is 70.5 Å². The first-order valence-electron chi connectivity index (χ1n) is 13.3. The van der Waals surface area contributed by atoms with Gasteiger partial charge in [0.1, 0.15) is 12.4 Å². The van der Waals surface area contributed by atoms with Gasteiger partial charge in [0, 0.05) is 72.1 Å². The number of likely N-dealkylation sites (N-methyl/N-ethyl adjacent to an activating group) is 1. The van der Waals surface area contributed by atoms with Crippen LogP contribution < -0.4 is 10.2 Å². The van der Waals surface area contributed by atoms with Crippen LogP contribution >= 0.6 is 15.9 Å². The summed E-state index contributed by atoms with van der Waals surface area (Å²) in [7, 11) is 2.03. The van der Waals surface area contributed by atoms with Crippen LogP contribution in [0.3, 0.4) is 0 Å². The predicted molar refractivity (Wildman–Crippen MR) is 157 cm³/mol. The Morgan fingerprint density at radius 2 is 1.83 bits per heavy atom. The van der Waals surface area contributed by atoms with E-state index >= 15 is 0 Å². The zero-order chi connectivity index (χ0) is 30.6. The molecule has 2 aliphatic heterocycles. The number of anilines is 1. The molecule has 2 fully saturated rings. The van der Waals surface area contributed by atoms with Crippen molar-refractivity contribution in [2.24, 2.45) is 0 Å². The average molecular weight is 650 g/mol. The summed E-state index contributed by atoms with van der Waals surface area (Å²) < 4.78 is 39.8. The molecular weight excluding hydrogens is 617 g/mol. The molecule has 2 aromatic heterocycles. The average Bonchev–Trinajstić information content (AvgIpc) is 3.19. The van der Waals surface area contributed by atoms with Crippen LogP contribution in [0.15, 0.2) is 53.7 Å². The van der Waals surface area contributed by atoms with E-state index in [-0.39, 0.29) is 24.4 Å². The lowest BCUT2D eigenvalue weighted by molar-refractivity contribution is -0.137. The summed E-state index contributed by atoms with van der Waals surface area (Å²) in [5, 5.41) is 3.74. The fourth-order valence-electron chi connectivity index (χ4n) is 4.91. The normalized spacial score (nSPS) is 16.0. The van der Waals surface area contributed by atoms with Crippen molar-refractivity contribution in [1.29, 1.82) is 0 Å². The van der Waals surface area contributed by atoms with Crippen LogP contribution in [0, 0.1) is 6.92 Å². The van der Waals surface area contributed by atoms with Crippen molar-refractivity contribution in [3.63, 3.8) is 0 Å². The van der Waals surface area contributed by atoms with Gasteiger partial charge in [-0.15, -0.1) is 0 Å². The molecule has 0 saturated carbocycles. The quantitative estimate of drug-likeness (QED) is 0.322. The lowest BCUT2D eigenvalue weighted by Crippen LogP contribution is -2.61. The highest BCUT2D eigenvalue weighted by Gasteiger charge is 2.31. The van der Waals surface area contributed by atoms with E-state index in [2.05, 4.69) is 37.7 Å². The summed E-state index contributed by atoms with van der Waals surface area (Å²) in [5.41, 5.74) is 1.50. The van der Waals surface area contributed by atoms with Crippen LogP contribution in [0.1, 0.15) is 21.6 Å². The number of nitrogens with zero attached hydrogens (tertiary/aromatic N) is 5. The number of fused-ring (bicyclic) bond motifs is 1. The van der Waals surface area contributed by atoms with Gasteiger partial charge in [-0.2, -0.15) is 13.2 Å². The minimum Gasteiger partial charge on any atom is -0.354 e. The van der Waals surface area contributed by atoms with Crippen molar-refractivity contribution in [3.8, 4) is 0 Å². The number of rotatable bonds is 6. The molecular formula is C29H32BrF3N6O3. The molecule has 0 bridgehead atoms. The number of likely N-dealkylation sites (tertiary alicyclic amines) is 1. The van der Waals surface area contributed by atoms with Gasteiger partial charge in [-0.05, 0) is 50.4 Å². The van der Waals surface area contributed by atoms with E-state index in [1.165, 1.54) is 12.1 Å². The number of hydrogen-bond donors (Lipinski definition) is 1. The van der Waals surface area contributed by atoms with Crippen LogP contribution in [-0.4, -0.2) is 89.8 Å². The third kappa shape index (κ3) is 7.19. The molecule has 3 aromatic rings. The molecule has 0 aliphatic carbocycles. The number of aldehydes is 1. The highest BCUT2D eigenvalue weighted by atomic mass is 79.9. The van der Waals surface area contributed by atoms with Crippen LogP contribution in [0.2, 0.25) is 0 Å². The van der Waals surface area contributed by atoms with Crippen molar-refractivity contribution in [2.45, 2.75) is 25.7 Å². The molecule has 4 heterocycles. The summed E-state index contributed by atoms with van der Waals surface area (Å²) in [6, 6.07) is 8.13. The molecule has 0 radical (unpaired) electrons. The number of halogens is 4. The van der Waals surface area contributed by atoms with Gasteiger partial charge in [0.05, 0.1) is 11.6 Å². The van der Waals surface area contributed by atoms with E-state index in [0.717, 1.165) is 65.8 Å². The lowest BCUT2D eigenvalue weighted by atomic mass is 10.1. The van der Waals surface area contributed by atoms with Crippen molar-refractivity contribution in [2.75, 3.05) is 51.2 Å². The molecule has 2 aliphatic rings. The largest absolute Gasteiger partial charge is 0.417 e. The van der Waals surface area contributed by atoms with E-state index < -0.39 is 11.7 Å². The molecule has 1 aromatic carbocycles. The molecule has 2 saturated heterocycles. The molecule has 224 valence electrons. The SMILES string of the molecule is C=CC(=O)N1CC(NC(=O)Cn2c(C)c(C=O)c3cc(Br)ccc32)C1.CN1CCN(c2ccc(C(F)(F)F)cn2)CC1. The maximum Gasteiger partial charge on any atom is 0.417 e. The summed E-state index contributed by atoms with van der Waals surface area (Å²) >= 11 is 3.41. The molecule has 9 nitrogen and oxygen atoms in total. The van der Waals surface area contributed by atoms with Gasteiger partial charge in [-0.1, -0.05) is 22.5 Å². The number of alkyl halides is 3. The highest BCUT2D eigenvalue weighted by Crippen LogP contribution is 2.30. The number of piperazine rings is 1. The first-order chi connectivity index (χ1) is 19.9. The van der Waals surface area contributed by atoms with Gasteiger partial charge < -0.3 is 24.6 Å². The predicted octanol–water partition coefficient (Wildman–Crippen LogP) is 3.89. The highest BCUT2D eigenvalue weighted by molar-refractivity contribution is 9.10. The lowest BCUT2D eigenvalue weighted by Gasteiger charge is -2.38. The van der Waals surface area contributed by atoms with Gasteiger partial charge in [-0.3, -0.25) is 14.4 Å². The minimum absolute atomic E-state index is 0.0433. The Hall–Kier alpha value is -3.71. The van der Waals surface area contributed by atoms with E-state index in [1.54, 1.807) is 4.90 Å². The fraction of sp³-hybridized carbons (Fsp3) is 0.379. The maximum atomic E-state index is 12.4. The Morgan fingerprint density at radius 1 is 1.14 bits per heavy atom. The Morgan fingerprint density at radius 3 is 2.40 bits per heavy atom.